The Bertz CT molecular complexity index is 393. The number of nitrogens with zero attached hydrogens (tertiary/aromatic N) is 1. The molecule has 0 aliphatic heterocycles. The van der Waals surface area contributed by atoms with E-state index in [1.165, 1.54) is 0 Å². The van der Waals surface area contributed by atoms with Crippen molar-refractivity contribution in [2.24, 2.45) is 11.7 Å². The third-order valence-corrected chi connectivity index (χ3v) is 3.99. The zero-order valence-electron chi connectivity index (χ0n) is 13.4. The van der Waals surface area contributed by atoms with Gasteiger partial charge in [0.05, 0.1) is 0 Å². The van der Waals surface area contributed by atoms with E-state index in [4.69, 9.17) is 5.73 Å². The van der Waals surface area contributed by atoms with Gasteiger partial charge in [-0.2, -0.15) is 0 Å². The Hall–Kier alpha value is -1.06. The molecule has 0 aliphatic rings. The quantitative estimate of drug-likeness (QED) is 0.794. The first-order valence-corrected chi connectivity index (χ1v) is 7.70. The number of amides is 1. The van der Waals surface area contributed by atoms with Gasteiger partial charge in [-0.3, -0.25) is 4.79 Å². The lowest BCUT2D eigenvalue weighted by Crippen LogP contribution is -2.36. The molecule has 0 radical (unpaired) electrons. The van der Waals surface area contributed by atoms with Crippen molar-refractivity contribution in [2.45, 2.75) is 46.1 Å². The number of nitrogens with two attached hydrogens (primary N) is 1. The first-order valence-electron chi connectivity index (χ1n) is 7.70. The zero-order chi connectivity index (χ0) is 15.0. The molecule has 0 saturated carbocycles. The summed E-state index contributed by atoms with van der Waals surface area (Å²) in [6, 6.07) is 9.64. The molecule has 2 N–H and O–H groups in total. The second kappa shape index (κ2) is 10.6. The number of halogens is 1. The Balaban J connectivity index is 0.00000400. The van der Waals surface area contributed by atoms with E-state index in [0.717, 1.165) is 31.5 Å². The maximum absolute atomic E-state index is 12.4. The molecule has 1 atom stereocenters. The summed E-state index contributed by atoms with van der Waals surface area (Å²) < 4.78 is 0. The summed E-state index contributed by atoms with van der Waals surface area (Å²) in [6.07, 6.45) is 2.62. The fraction of sp³-hybridized carbons (Fsp3) is 0.588. The standard InChI is InChI=1S/C17H28N2O.ClH/c1-4-14(5-2)13-19(6-3)17(20)12-16(18)15-10-8-7-9-11-15;/h7-11,14,16H,4-6,12-13,18H2,1-3H3;1H. The SMILES string of the molecule is CCC(CC)CN(CC)C(=O)CC(N)c1ccccc1.Cl. The van der Waals surface area contributed by atoms with Crippen molar-refractivity contribution in [3.05, 3.63) is 35.9 Å². The average molecular weight is 313 g/mol. The highest BCUT2D eigenvalue weighted by Crippen LogP contribution is 2.16. The van der Waals surface area contributed by atoms with Gasteiger partial charge in [0.2, 0.25) is 5.91 Å². The van der Waals surface area contributed by atoms with E-state index in [0.29, 0.717) is 12.3 Å². The molecule has 1 unspecified atom stereocenters. The molecule has 4 heteroatoms. The fourth-order valence-corrected chi connectivity index (χ4v) is 2.40. The van der Waals surface area contributed by atoms with E-state index >= 15 is 0 Å². The van der Waals surface area contributed by atoms with Crippen molar-refractivity contribution in [2.75, 3.05) is 13.1 Å². The Morgan fingerprint density at radius 1 is 1.14 bits per heavy atom. The number of hydrogen-bond donors (Lipinski definition) is 1. The third kappa shape index (κ3) is 6.49. The first kappa shape index (κ1) is 19.9. The van der Waals surface area contributed by atoms with E-state index in [1.54, 1.807) is 0 Å². The fourth-order valence-electron chi connectivity index (χ4n) is 2.40. The van der Waals surface area contributed by atoms with Gasteiger partial charge in [0.1, 0.15) is 0 Å². The van der Waals surface area contributed by atoms with Gasteiger partial charge in [0, 0.05) is 25.6 Å². The summed E-state index contributed by atoms with van der Waals surface area (Å²) in [7, 11) is 0. The Morgan fingerprint density at radius 3 is 2.19 bits per heavy atom. The number of carbonyl (C=O) groups is 1. The van der Waals surface area contributed by atoms with Gasteiger partial charge in [0.15, 0.2) is 0 Å². The molecular weight excluding hydrogens is 284 g/mol. The molecule has 0 spiro atoms. The van der Waals surface area contributed by atoms with Crippen LogP contribution in [0.2, 0.25) is 0 Å². The van der Waals surface area contributed by atoms with Crippen LogP contribution in [0.15, 0.2) is 30.3 Å². The molecule has 0 saturated heterocycles. The first-order chi connectivity index (χ1) is 9.62. The molecule has 1 aromatic rings. The molecule has 0 heterocycles. The number of carbonyl (C=O) groups excluding carboxylic acids is 1. The van der Waals surface area contributed by atoms with E-state index in [-0.39, 0.29) is 24.4 Å². The van der Waals surface area contributed by atoms with Crippen molar-refractivity contribution in [1.82, 2.24) is 4.90 Å². The largest absolute Gasteiger partial charge is 0.343 e. The van der Waals surface area contributed by atoms with Gasteiger partial charge in [-0.15, -0.1) is 12.4 Å². The summed E-state index contributed by atoms with van der Waals surface area (Å²) in [5, 5.41) is 0. The van der Waals surface area contributed by atoms with Crippen LogP contribution in [-0.2, 0) is 4.79 Å². The van der Waals surface area contributed by atoms with Gasteiger partial charge in [-0.05, 0) is 18.4 Å². The summed E-state index contributed by atoms with van der Waals surface area (Å²) in [5.41, 5.74) is 7.16. The summed E-state index contributed by atoms with van der Waals surface area (Å²) in [5.74, 6) is 0.752. The van der Waals surface area contributed by atoms with Crippen LogP contribution < -0.4 is 5.73 Å². The molecule has 0 aromatic heterocycles. The van der Waals surface area contributed by atoms with Gasteiger partial charge >= 0.3 is 0 Å². The normalized spacial score (nSPS) is 11.9. The number of rotatable bonds is 8. The van der Waals surface area contributed by atoms with Gasteiger partial charge in [-0.25, -0.2) is 0 Å². The molecule has 0 aliphatic carbocycles. The van der Waals surface area contributed by atoms with Crippen molar-refractivity contribution in [3.8, 4) is 0 Å². The lowest BCUT2D eigenvalue weighted by Gasteiger charge is -2.26. The molecule has 21 heavy (non-hydrogen) atoms. The van der Waals surface area contributed by atoms with Crippen LogP contribution >= 0.6 is 12.4 Å². The highest BCUT2D eigenvalue weighted by Gasteiger charge is 2.19. The molecule has 1 amide bonds. The van der Waals surface area contributed by atoms with E-state index in [1.807, 2.05) is 42.2 Å². The molecule has 0 bridgehead atoms. The van der Waals surface area contributed by atoms with Crippen molar-refractivity contribution >= 4 is 18.3 Å². The van der Waals surface area contributed by atoms with Crippen LogP contribution in [0.1, 0.15) is 51.6 Å². The Labute approximate surface area is 135 Å². The second-order valence-corrected chi connectivity index (χ2v) is 5.34. The topological polar surface area (TPSA) is 46.3 Å². The van der Waals surface area contributed by atoms with Crippen molar-refractivity contribution < 1.29 is 4.79 Å². The van der Waals surface area contributed by atoms with E-state index in [9.17, 15) is 4.79 Å². The van der Waals surface area contributed by atoms with Gasteiger partial charge in [0.25, 0.3) is 0 Å². The Morgan fingerprint density at radius 2 is 1.71 bits per heavy atom. The number of benzene rings is 1. The maximum Gasteiger partial charge on any atom is 0.224 e. The van der Waals surface area contributed by atoms with E-state index in [2.05, 4.69) is 13.8 Å². The zero-order valence-corrected chi connectivity index (χ0v) is 14.2. The molecule has 0 fully saturated rings. The summed E-state index contributed by atoms with van der Waals surface area (Å²) in [4.78, 5) is 14.3. The van der Waals surface area contributed by atoms with E-state index < -0.39 is 0 Å². The smallest absolute Gasteiger partial charge is 0.224 e. The van der Waals surface area contributed by atoms with Crippen LogP contribution in [0.5, 0.6) is 0 Å². The van der Waals surface area contributed by atoms with Crippen molar-refractivity contribution in [1.29, 1.82) is 0 Å². The van der Waals surface area contributed by atoms with Gasteiger partial charge in [-0.1, -0.05) is 57.0 Å². The Kier molecular flexibility index (Phi) is 10.1. The van der Waals surface area contributed by atoms with Crippen molar-refractivity contribution in [3.63, 3.8) is 0 Å². The van der Waals surface area contributed by atoms with Gasteiger partial charge < -0.3 is 10.6 Å². The van der Waals surface area contributed by atoms with Crippen LogP contribution in [-0.4, -0.2) is 23.9 Å². The predicted molar refractivity (Wildman–Crippen MR) is 91.6 cm³/mol. The van der Waals surface area contributed by atoms with Crippen LogP contribution in [0.25, 0.3) is 0 Å². The monoisotopic (exact) mass is 312 g/mol. The predicted octanol–water partition coefficient (Wildman–Crippen LogP) is 3.78. The minimum absolute atomic E-state index is 0. The maximum atomic E-state index is 12.4. The van der Waals surface area contributed by atoms with Crippen LogP contribution in [0.3, 0.4) is 0 Å². The lowest BCUT2D eigenvalue weighted by molar-refractivity contribution is -0.132. The summed E-state index contributed by atoms with van der Waals surface area (Å²) in [6.45, 7) is 8.01. The average Bonchev–Trinajstić information content (AvgIpc) is 2.49. The second-order valence-electron chi connectivity index (χ2n) is 5.34. The molecule has 120 valence electrons. The lowest BCUT2D eigenvalue weighted by atomic mass is 10.0. The van der Waals surface area contributed by atoms with Crippen LogP contribution in [0, 0.1) is 5.92 Å². The molecule has 1 rings (SSSR count). The number of hydrogen-bond acceptors (Lipinski definition) is 2. The highest BCUT2D eigenvalue weighted by atomic mass is 35.5. The molecule has 3 nitrogen and oxygen atoms in total. The van der Waals surface area contributed by atoms with Crippen LogP contribution in [0.4, 0.5) is 0 Å². The molecule has 1 aromatic carbocycles. The minimum Gasteiger partial charge on any atom is -0.343 e. The third-order valence-electron chi connectivity index (χ3n) is 3.99. The minimum atomic E-state index is -0.209. The molecular formula is C17H29ClN2O. The summed E-state index contributed by atoms with van der Waals surface area (Å²) >= 11 is 0. The highest BCUT2D eigenvalue weighted by molar-refractivity contribution is 5.85.